The van der Waals surface area contributed by atoms with Crippen LogP contribution in [0.2, 0.25) is 10.0 Å². The molecule has 1 aromatic carbocycles. The van der Waals surface area contributed by atoms with E-state index in [-0.39, 0.29) is 0 Å². The molecule has 0 aromatic heterocycles. The molecule has 1 N–H and O–H groups in total. The predicted octanol–water partition coefficient (Wildman–Crippen LogP) is 3.42. The third-order valence-corrected chi connectivity index (χ3v) is 4.99. The second kappa shape index (κ2) is 5.61. The lowest BCUT2D eigenvalue weighted by molar-refractivity contribution is 0.210. The smallest absolute Gasteiger partial charge is 0.0424 e. The lowest BCUT2D eigenvalue weighted by Gasteiger charge is -2.27. The van der Waals surface area contributed by atoms with E-state index in [0.717, 1.165) is 28.4 Å². The SMILES string of the molecule is CCC1C2CNCC2CN1Cc1cc(Cl)cc(Cl)c1. The Hall–Kier alpha value is -0.280. The van der Waals surface area contributed by atoms with Gasteiger partial charge < -0.3 is 5.32 Å². The topological polar surface area (TPSA) is 15.3 Å². The summed E-state index contributed by atoms with van der Waals surface area (Å²) in [6, 6.07) is 6.56. The van der Waals surface area contributed by atoms with E-state index in [1.807, 2.05) is 12.1 Å². The molecule has 2 aliphatic rings. The fourth-order valence-corrected chi connectivity index (χ4v) is 4.36. The minimum Gasteiger partial charge on any atom is -0.316 e. The normalized spacial score (nSPS) is 30.8. The van der Waals surface area contributed by atoms with Crippen molar-refractivity contribution in [3.63, 3.8) is 0 Å². The Morgan fingerprint density at radius 3 is 2.63 bits per heavy atom. The molecule has 2 heterocycles. The number of hydrogen-bond acceptors (Lipinski definition) is 2. The van der Waals surface area contributed by atoms with Gasteiger partial charge in [-0.1, -0.05) is 30.1 Å². The summed E-state index contributed by atoms with van der Waals surface area (Å²) in [5.74, 6) is 1.64. The minimum absolute atomic E-state index is 0.692. The van der Waals surface area contributed by atoms with Crippen LogP contribution in [0, 0.1) is 11.8 Å². The van der Waals surface area contributed by atoms with Gasteiger partial charge in [0, 0.05) is 29.2 Å². The van der Waals surface area contributed by atoms with Crippen molar-refractivity contribution in [1.82, 2.24) is 10.2 Å². The summed E-state index contributed by atoms with van der Waals surface area (Å²) >= 11 is 12.2. The number of nitrogens with zero attached hydrogens (tertiary/aromatic N) is 1. The van der Waals surface area contributed by atoms with Gasteiger partial charge in [0.05, 0.1) is 0 Å². The lowest BCUT2D eigenvalue weighted by Crippen LogP contribution is -2.34. The van der Waals surface area contributed by atoms with Crippen LogP contribution in [0.1, 0.15) is 18.9 Å². The van der Waals surface area contributed by atoms with Crippen molar-refractivity contribution in [1.29, 1.82) is 0 Å². The molecule has 19 heavy (non-hydrogen) atoms. The average Bonchev–Trinajstić information content (AvgIpc) is 2.87. The minimum atomic E-state index is 0.692. The lowest BCUT2D eigenvalue weighted by atomic mass is 9.93. The zero-order valence-electron chi connectivity index (χ0n) is 11.2. The van der Waals surface area contributed by atoms with Crippen molar-refractivity contribution in [2.75, 3.05) is 19.6 Å². The van der Waals surface area contributed by atoms with Gasteiger partial charge in [-0.15, -0.1) is 0 Å². The monoisotopic (exact) mass is 298 g/mol. The summed E-state index contributed by atoms with van der Waals surface area (Å²) in [4.78, 5) is 2.61. The maximum atomic E-state index is 6.09. The zero-order chi connectivity index (χ0) is 13.4. The molecule has 0 amide bonds. The second-order valence-electron chi connectivity index (χ2n) is 5.76. The van der Waals surface area contributed by atoms with Crippen molar-refractivity contribution in [2.45, 2.75) is 25.9 Å². The molecule has 3 unspecified atom stereocenters. The van der Waals surface area contributed by atoms with Crippen molar-refractivity contribution < 1.29 is 0 Å². The Labute approximate surface area is 125 Å². The number of fused-ring (bicyclic) bond motifs is 1. The molecule has 0 radical (unpaired) electrons. The van der Waals surface area contributed by atoms with Crippen LogP contribution in [0.25, 0.3) is 0 Å². The van der Waals surface area contributed by atoms with Crippen LogP contribution in [-0.2, 0) is 6.54 Å². The number of nitrogens with one attached hydrogen (secondary N) is 1. The van der Waals surface area contributed by atoms with E-state index in [9.17, 15) is 0 Å². The Bertz CT molecular complexity index is 443. The van der Waals surface area contributed by atoms with Crippen molar-refractivity contribution in [2.24, 2.45) is 11.8 Å². The van der Waals surface area contributed by atoms with Gasteiger partial charge in [-0.2, -0.15) is 0 Å². The van der Waals surface area contributed by atoms with E-state index in [2.05, 4.69) is 17.1 Å². The maximum Gasteiger partial charge on any atom is 0.0424 e. The second-order valence-corrected chi connectivity index (χ2v) is 6.64. The third kappa shape index (κ3) is 2.78. The highest BCUT2D eigenvalue weighted by atomic mass is 35.5. The Balaban J connectivity index is 1.75. The summed E-state index contributed by atoms with van der Waals surface area (Å²) in [7, 11) is 0. The Morgan fingerprint density at radius 1 is 1.21 bits per heavy atom. The molecule has 3 atom stereocenters. The van der Waals surface area contributed by atoms with Gasteiger partial charge in [0.15, 0.2) is 0 Å². The highest BCUT2D eigenvalue weighted by molar-refractivity contribution is 6.34. The van der Waals surface area contributed by atoms with Crippen LogP contribution in [-0.4, -0.2) is 30.6 Å². The molecule has 0 saturated carbocycles. The van der Waals surface area contributed by atoms with Crippen LogP contribution in [0.5, 0.6) is 0 Å². The molecular formula is C15H20Cl2N2. The van der Waals surface area contributed by atoms with E-state index in [0.29, 0.717) is 6.04 Å². The summed E-state index contributed by atoms with van der Waals surface area (Å²) in [6.45, 7) is 6.80. The maximum absolute atomic E-state index is 6.09. The molecule has 4 heteroatoms. The van der Waals surface area contributed by atoms with Gasteiger partial charge >= 0.3 is 0 Å². The average molecular weight is 299 g/mol. The predicted molar refractivity (Wildman–Crippen MR) is 80.8 cm³/mol. The van der Waals surface area contributed by atoms with Crippen molar-refractivity contribution in [3.05, 3.63) is 33.8 Å². The fraction of sp³-hybridized carbons (Fsp3) is 0.600. The molecule has 0 bridgehead atoms. The summed E-state index contributed by atoms with van der Waals surface area (Å²) in [6.07, 6.45) is 1.22. The zero-order valence-corrected chi connectivity index (χ0v) is 12.7. The van der Waals surface area contributed by atoms with Crippen molar-refractivity contribution >= 4 is 23.2 Å². The molecule has 2 saturated heterocycles. The summed E-state index contributed by atoms with van der Waals surface area (Å²) < 4.78 is 0. The standard InChI is InChI=1S/C15H20Cl2N2/c1-2-15-14-7-18-6-11(14)9-19(15)8-10-3-12(16)5-13(17)4-10/h3-5,11,14-15,18H,2,6-9H2,1H3. The highest BCUT2D eigenvalue weighted by Crippen LogP contribution is 2.35. The van der Waals surface area contributed by atoms with Gasteiger partial charge in [0.25, 0.3) is 0 Å². The molecule has 2 nitrogen and oxygen atoms in total. The number of likely N-dealkylation sites (tertiary alicyclic amines) is 1. The molecule has 0 spiro atoms. The summed E-state index contributed by atoms with van der Waals surface area (Å²) in [5, 5.41) is 4.99. The fourth-order valence-electron chi connectivity index (χ4n) is 3.79. The largest absolute Gasteiger partial charge is 0.316 e. The van der Waals surface area contributed by atoms with E-state index in [1.54, 1.807) is 6.07 Å². The van der Waals surface area contributed by atoms with Crippen LogP contribution in [0.3, 0.4) is 0 Å². The van der Waals surface area contributed by atoms with Gasteiger partial charge in [-0.3, -0.25) is 4.90 Å². The van der Waals surface area contributed by atoms with Crippen LogP contribution in [0.15, 0.2) is 18.2 Å². The molecule has 2 aliphatic heterocycles. The number of hydrogen-bond donors (Lipinski definition) is 1. The molecular weight excluding hydrogens is 279 g/mol. The van der Waals surface area contributed by atoms with Crippen molar-refractivity contribution in [3.8, 4) is 0 Å². The molecule has 1 aromatic rings. The van der Waals surface area contributed by atoms with Crippen LogP contribution < -0.4 is 5.32 Å². The first-order valence-corrected chi connectivity index (χ1v) is 7.82. The molecule has 104 valence electrons. The first kappa shape index (κ1) is 13.7. The molecule has 3 rings (SSSR count). The van der Waals surface area contributed by atoms with E-state index < -0.39 is 0 Å². The highest BCUT2D eigenvalue weighted by Gasteiger charge is 2.42. The van der Waals surface area contributed by atoms with Crippen LogP contribution in [0.4, 0.5) is 0 Å². The van der Waals surface area contributed by atoms with E-state index >= 15 is 0 Å². The first-order valence-electron chi connectivity index (χ1n) is 7.07. The van der Waals surface area contributed by atoms with Gasteiger partial charge in [-0.25, -0.2) is 0 Å². The Kier molecular flexibility index (Phi) is 4.04. The molecule has 2 fully saturated rings. The van der Waals surface area contributed by atoms with Gasteiger partial charge in [0.1, 0.15) is 0 Å². The quantitative estimate of drug-likeness (QED) is 0.920. The Morgan fingerprint density at radius 2 is 1.95 bits per heavy atom. The molecule has 0 aliphatic carbocycles. The number of halogens is 2. The summed E-state index contributed by atoms with van der Waals surface area (Å²) in [5.41, 5.74) is 1.23. The third-order valence-electron chi connectivity index (χ3n) is 4.55. The van der Waals surface area contributed by atoms with E-state index in [1.165, 1.54) is 31.6 Å². The van der Waals surface area contributed by atoms with Gasteiger partial charge in [0.2, 0.25) is 0 Å². The van der Waals surface area contributed by atoms with E-state index in [4.69, 9.17) is 23.2 Å². The van der Waals surface area contributed by atoms with Crippen LogP contribution >= 0.6 is 23.2 Å². The first-order chi connectivity index (χ1) is 9.17. The number of benzene rings is 1. The van der Waals surface area contributed by atoms with Gasteiger partial charge in [-0.05, 0) is 55.1 Å². The number of rotatable bonds is 3.